The molecule has 76 heavy (non-hydrogen) atoms. The van der Waals surface area contributed by atoms with Gasteiger partial charge in [0.1, 0.15) is 35.4 Å². The summed E-state index contributed by atoms with van der Waals surface area (Å²) in [4.78, 5) is 107. The first kappa shape index (κ1) is 60.4. The van der Waals surface area contributed by atoms with Crippen LogP contribution in [0.3, 0.4) is 0 Å². The first-order chi connectivity index (χ1) is 36.4. The number of carbonyl (C=O) groups excluding carboxylic acids is 8. The van der Waals surface area contributed by atoms with Crippen molar-refractivity contribution in [2.24, 2.45) is 34.4 Å². The number of phenolic OH excluding ortho intramolecular Hbond substituents is 2. The molecule has 0 aliphatic carbocycles. The molecule has 4 rings (SSSR count). The van der Waals surface area contributed by atoms with Gasteiger partial charge in [0.15, 0.2) is 0 Å². The highest BCUT2D eigenvalue weighted by Crippen LogP contribution is 2.26. The van der Waals surface area contributed by atoms with Crippen LogP contribution in [0.4, 0.5) is 22.7 Å². The first-order valence-electron chi connectivity index (χ1n) is 25.0. The van der Waals surface area contributed by atoms with Crippen LogP contribution in [-0.4, -0.2) is 113 Å². The predicted octanol–water partition coefficient (Wildman–Crippen LogP) is 1.90. The van der Waals surface area contributed by atoms with Crippen LogP contribution in [0.5, 0.6) is 17.2 Å². The molecule has 0 saturated carbocycles. The lowest BCUT2D eigenvalue weighted by Crippen LogP contribution is -2.44. The van der Waals surface area contributed by atoms with Crippen molar-refractivity contribution in [3.05, 3.63) is 101 Å². The Bertz CT molecular complexity index is 2670. The Hall–Kier alpha value is -8.16. The number of anilines is 4. The largest absolute Gasteiger partial charge is 0.507 e. The van der Waals surface area contributed by atoms with E-state index in [1.54, 1.807) is 12.1 Å². The minimum atomic E-state index is -1.25. The molecule has 4 aromatic carbocycles. The van der Waals surface area contributed by atoms with Crippen LogP contribution >= 0.6 is 0 Å². The van der Waals surface area contributed by atoms with E-state index in [0.29, 0.717) is 76.7 Å². The Kier molecular flexibility index (Phi) is 24.6. The van der Waals surface area contributed by atoms with Crippen molar-refractivity contribution in [3.8, 4) is 17.2 Å². The quantitative estimate of drug-likeness (QED) is 0.0253. The number of nitrogens with one attached hydrogen (secondary N) is 7. The fraction of sp³-hybridized carbons (Fsp3) is 0.385. The number of hydrogen-bond donors (Lipinski definition) is 16. The molecule has 410 valence electrons. The second-order valence-electron chi connectivity index (χ2n) is 17.9. The molecule has 4 aromatic rings. The van der Waals surface area contributed by atoms with Crippen LogP contribution in [0.25, 0.3) is 0 Å². The molecule has 0 spiro atoms. The molecule has 0 bridgehead atoms. The fourth-order valence-corrected chi connectivity index (χ4v) is 7.70. The lowest BCUT2D eigenvalue weighted by molar-refractivity contribution is -0.118. The summed E-state index contributed by atoms with van der Waals surface area (Å²) in [7, 11) is 0. The number of rotatable bonds is 31. The van der Waals surface area contributed by atoms with Crippen LogP contribution < -0.4 is 71.6 Å². The number of benzene rings is 4. The SMILES string of the molecule is NCCCC[C@H](NC(=O)c1cccc(NC(=O)[C@@H](N)CCCCN)c1)C(=O)Nc1ccc(O)c(C(=O)N[C@@H](CCCCN)C(=O)Nc2ccc(O)c(C(=O)N[C@@H](CCCCN)C(=O)Nc3ccc(O)c(C(N)=O)c3)c2)c1. The van der Waals surface area contributed by atoms with Gasteiger partial charge in [-0.2, -0.15) is 0 Å². The summed E-state index contributed by atoms with van der Waals surface area (Å²) in [6.45, 7) is 1.39. The van der Waals surface area contributed by atoms with Crippen molar-refractivity contribution in [3.63, 3.8) is 0 Å². The third-order valence-corrected chi connectivity index (χ3v) is 12.0. The summed E-state index contributed by atoms with van der Waals surface area (Å²) >= 11 is 0. The zero-order chi connectivity index (χ0) is 55.7. The molecule has 0 unspecified atom stereocenters. The molecule has 0 heterocycles. The Morgan fingerprint density at radius 3 is 1.14 bits per heavy atom. The molecule has 0 aliphatic rings. The van der Waals surface area contributed by atoms with Gasteiger partial charge >= 0.3 is 0 Å². The zero-order valence-corrected chi connectivity index (χ0v) is 42.2. The maximum Gasteiger partial charge on any atom is 0.255 e. The van der Waals surface area contributed by atoms with Crippen molar-refractivity contribution in [2.75, 3.05) is 47.4 Å². The van der Waals surface area contributed by atoms with Gasteiger partial charge in [-0.15, -0.1) is 0 Å². The molecule has 0 radical (unpaired) electrons. The third kappa shape index (κ3) is 19.0. The van der Waals surface area contributed by atoms with Gasteiger partial charge in [0, 0.05) is 28.3 Å². The van der Waals surface area contributed by atoms with Gasteiger partial charge in [0.05, 0.1) is 22.7 Å². The van der Waals surface area contributed by atoms with Gasteiger partial charge in [-0.05, 0) is 170 Å². The zero-order valence-electron chi connectivity index (χ0n) is 42.2. The molecule has 0 saturated heterocycles. The Labute approximate surface area is 439 Å². The van der Waals surface area contributed by atoms with E-state index >= 15 is 0 Å². The van der Waals surface area contributed by atoms with Crippen LogP contribution in [0.2, 0.25) is 0 Å². The average Bonchev–Trinajstić information content (AvgIpc) is 3.39. The molecule has 4 atom stereocenters. The van der Waals surface area contributed by atoms with Crippen molar-refractivity contribution in [1.29, 1.82) is 0 Å². The van der Waals surface area contributed by atoms with Gasteiger partial charge in [-0.25, -0.2) is 0 Å². The number of nitrogens with two attached hydrogens (primary N) is 6. The number of carbonyl (C=O) groups is 8. The number of primary amides is 1. The molecule has 8 amide bonds. The third-order valence-electron chi connectivity index (χ3n) is 12.0. The van der Waals surface area contributed by atoms with Gasteiger partial charge in [-0.1, -0.05) is 12.5 Å². The summed E-state index contributed by atoms with van der Waals surface area (Å²) in [6.07, 6.45) is 4.97. The van der Waals surface area contributed by atoms with Crippen molar-refractivity contribution in [2.45, 2.75) is 101 Å². The molecule has 24 heteroatoms. The van der Waals surface area contributed by atoms with Crippen LogP contribution in [0.15, 0.2) is 78.9 Å². The summed E-state index contributed by atoms with van der Waals surface area (Å²) < 4.78 is 0. The van der Waals surface area contributed by atoms with Crippen LogP contribution in [0, 0.1) is 0 Å². The van der Waals surface area contributed by atoms with Crippen LogP contribution in [-0.2, 0) is 19.2 Å². The van der Waals surface area contributed by atoms with E-state index in [-0.39, 0.29) is 65.1 Å². The highest BCUT2D eigenvalue weighted by molar-refractivity contribution is 6.07. The van der Waals surface area contributed by atoms with Crippen LogP contribution in [0.1, 0.15) is 118 Å². The number of hydrogen-bond acceptors (Lipinski definition) is 16. The monoisotopic (exact) mass is 1050 g/mol. The summed E-state index contributed by atoms with van der Waals surface area (Å²) in [6, 6.07) is 12.8. The van der Waals surface area contributed by atoms with Gasteiger partial charge in [0.25, 0.3) is 23.6 Å². The molecule has 22 N–H and O–H groups in total. The summed E-state index contributed by atoms with van der Waals surface area (Å²) in [5.41, 5.74) is 33.8. The standard InChI is InChI=1S/C52H71N13O11/c53-22-5-1-12-38(57)49(73)59-31-11-9-10-30(26-31)46(70)63-39(13-2-6-23-54)50(74)61-33-17-20-43(67)36(28-33)48(72)65-41(15-4-8-25-56)52(76)62-34-18-21-44(68)37(29-34)47(71)64-40(14-3-7-24-55)51(75)60-32-16-19-42(66)35(27-32)45(58)69/h9-11,16-21,26-29,38-41,66-68H,1-8,12-15,22-25,53-57H2,(H2,58,69)(H,59,73)(H,60,75)(H,61,74)(H,62,76)(H,63,70)(H,64,71)(H,65,72)/t38-,39-,40-,41-/m0/s1. The first-order valence-corrected chi connectivity index (χ1v) is 25.0. The summed E-state index contributed by atoms with van der Waals surface area (Å²) in [5.74, 6) is -7.28. The van der Waals surface area contributed by atoms with E-state index < -0.39 is 88.7 Å². The topological polar surface area (TPSA) is 438 Å². The van der Waals surface area contributed by atoms with E-state index in [4.69, 9.17) is 34.4 Å². The minimum absolute atomic E-state index is 0.0211. The Morgan fingerprint density at radius 2 is 0.750 bits per heavy atom. The van der Waals surface area contributed by atoms with E-state index in [9.17, 15) is 53.7 Å². The lowest BCUT2D eigenvalue weighted by Gasteiger charge is -2.21. The van der Waals surface area contributed by atoms with E-state index in [0.717, 1.165) is 12.5 Å². The predicted molar refractivity (Wildman–Crippen MR) is 287 cm³/mol. The normalized spacial score (nSPS) is 12.5. The Balaban J connectivity index is 1.48. The maximum atomic E-state index is 13.9. The number of phenols is 3. The lowest BCUT2D eigenvalue weighted by atomic mass is 10.1. The van der Waals surface area contributed by atoms with E-state index in [2.05, 4.69) is 37.2 Å². The van der Waals surface area contributed by atoms with Crippen molar-refractivity contribution in [1.82, 2.24) is 16.0 Å². The second kappa shape index (κ2) is 30.9. The highest BCUT2D eigenvalue weighted by atomic mass is 16.3. The van der Waals surface area contributed by atoms with Gasteiger partial charge in [0.2, 0.25) is 23.6 Å². The smallest absolute Gasteiger partial charge is 0.255 e. The number of aromatic hydroxyl groups is 3. The van der Waals surface area contributed by atoms with Crippen molar-refractivity contribution >= 4 is 70.0 Å². The molecular weight excluding hydrogens is 983 g/mol. The number of unbranched alkanes of at least 4 members (excludes halogenated alkanes) is 4. The van der Waals surface area contributed by atoms with E-state index in [1.165, 1.54) is 60.7 Å². The molecular formula is C52H71N13O11. The second-order valence-corrected chi connectivity index (χ2v) is 17.9. The van der Waals surface area contributed by atoms with Gasteiger partial charge < -0.3 is 86.9 Å². The Morgan fingerprint density at radius 1 is 0.408 bits per heavy atom. The minimum Gasteiger partial charge on any atom is -0.507 e. The molecule has 0 aromatic heterocycles. The average molecular weight is 1050 g/mol. The maximum absolute atomic E-state index is 13.9. The molecule has 0 aliphatic heterocycles. The molecule has 0 fully saturated rings. The fourth-order valence-electron chi connectivity index (χ4n) is 7.70. The number of amides is 8. The van der Waals surface area contributed by atoms with E-state index in [1.807, 2.05) is 0 Å². The van der Waals surface area contributed by atoms with Crippen molar-refractivity contribution < 1.29 is 53.7 Å². The molecule has 24 nitrogen and oxygen atoms in total. The highest BCUT2D eigenvalue weighted by Gasteiger charge is 2.28. The summed E-state index contributed by atoms with van der Waals surface area (Å²) in [5, 5.41) is 50.2. The van der Waals surface area contributed by atoms with Gasteiger partial charge in [-0.3, -0.25) is 38.4 Å².